The first-order chi connectivity index (χ1) is 14.4. The quantitative estimate of drug-likeness (QED) is 0.554. The molecule has 0 aromatic heterocycles. The van der Waals surface area contributed by atoms with E-state index < -0.39 is 0 Å². The van der Waals surface area contributed by atoms with Crippen LogP contribution >= 0.6 is 21.0 Å². The first-order valence-corrected chi connectivity index (χ1v) is 11.3. The van der Waals surface area contributed by atoms with Gasteiger partial charge in [-0.3, -0.25) is 4.79 Å². The minimum absolute atomic E-state index is 0.0783. The molecule has 0 bridgehead atoms. The van der Waals surface area contributed by atoms with Gasteiger partial charge in [0, 0.05) is 17.7 Å². The lowest BCUT2D eigenvalue weighted by Crippen LogP contribution is -2.51. The van der Waals surface area contributed by atoms with Crippen LogP contribution in [-0.4, -0.2) is 22.7 Å². The topological polar surface area (TPSA) is 53.3 Å². The molecular formula is C24H26ClN2O2P. The standard InChI is InChI=1S/C24H26ClN2O2P/c1-16-2-4-17(5-3-16)23(28)27(30)19-13-24(14-19)10-8-20(9-11-24)29-21-7-6-18(15-26)22(25)12-21/h2-7,12,19-20H,8-11,13-14,30H2,1H3. The molecule has 30 heavy (non-hydrogen) atoms. The molecule has 1 atom stereocenters. The third kappa shape index (κ3) is 4.34. The summed E-state index contributed by atoms with van der Waals surface area (Å²) in [5, 5.41) is 9.42. The molecule has 0 aliphatic heterocycles. The minimum Gasteiger partial charge on any atom is -0.490 e. The van der Waals surface area contributed by atoms with Gasteiger partial charge < -0.3 is 9.41 Å². The lowest BCUT2D eigenvalue weighted by molar-refractivity contribution is -0.0173. The number of carbonyl (C=O) groups is 1. The second-order valence-electron chi connectivity index (χ2n) is 8.71. The zero-order valence-electron chi connectivity index (χ0n) is 17.1. The van der Waals surface area contributed by atoms with Crippen molar-refractivity contribution in [2.45, 2.75) is 57.6 Å². The number of hydrogen-bond acceptors (Lipinski definition) is 3. The van der Waals surface area contributed by atoms with Crippen molar-refractivity contribution in [2.75, 3.05) is 0 Å². The number of hydrogen-bond donors (Lipinski definition) is 0. The van der Waals surface area contributed by atoms with Gasteiger partial charge in [0.15, 0.2) is 0 Å². The number of halogens is 1. The van der Waals surface area contributed by atoms with Gasteiger partial charge in [0.05, 0.1) is 16.7 Å². The molecule has 0 saturated heterocycles. The Balaban J connectivity index is 1.28. The molecule has 0 N–H and O–H groups in total. The van der Waals surface area contributed by atoms with Crippen molar-refractivity contribution in [3.8, 4) is 11.8 Å². The summed E-state index contributed by atoms with van der Waals surface area (Å²) >= 11 is 6.11. The molecule has 2 saturated carbocycles. The minimum atomic E-state index is 0.0783. The van der Waals surface area contributed by atoms with Crippen molar-refractivity contribution < 1.29 is 9.53 Å². The fourth-order valence-electron chi connectivity index (χ4n) is 4.73. The average molecular weight is 441 g/mol. The van der Waals surface area contributed by atoms with Crippen LogP contribution in [0.1, 0.15) is 60.0 Å². The highest BCUT2D eigenvalue weighted by molar-refractivity contribution is 7.14. The summed E-state index contributed by atoms with van der Waals surface area (Å²) in [6, 6.07) is 15.4. The number of nitriles is 1. The first kappa shape index (κ1) is 21.2. The van der Waals surface area contributed by atoms with E-state index in [2.05, 4.69) is 15.5 Å². The highest BCUT2D eigenvalue weighted by Gasteiger charge is 2.48. The first-order valence-electron chi connectivity index (χ1n) is 10.4. The van der Waals surface area contributed by atoms with E-state index in [-0.39, 0.29) is 12.0 Å². The molecule has 1 unspecified atom stereocenters. The van der Waals surface area contributed by atoms with Crippen molar-refractivity contribution in [3.05, 3.63) is 64.2 Å². The van der Waals surface area contributed by atoms with Crippen LogP contribution in [0.2, 0.25) is 5.02 Å². The number of benzene rings is 2. The van der Waals surface area contributed by atoms with Crippen LogP contribution < -0.4 is 4.74 Å². The molecule has 2 fully saturated rings. The number of nitrogens with zero attached hydrogens (tertiary/aromatic N) is 2. The molecule has 0 heterocycles. The smallest absolute Gasteiger partial charge is 0.256 e. The van der Waals surface area contributed by atoms with Crippen LogP contribution in [0.3, 0.4) is 0 Å². The van der Waals surface area contributed by atoms with Gasteiger partial charge in [-0.15, -0.1) is 0 Å². The van der Waals surface area contributed by atoms with Crippen LogP contribution in [0.15, 0.2) is 42.5 Å². The van der Waals surface area contributed by atoms with E-state index in [1.165, 1.54) is 0 Å². The van der Waals surface area contributed by atoms with Crippen molar-refractivity contribution >= 4 is 26.9 Å². The van der Waals surface area contributed by atoms with Gasteiger partial charge in [-0.05, 0) is 84.5 Å². The van der Waals surface area contributed by atoms with Gasteiger partial charge in [-0.1, -0.05) is 29.3 Å². The van der Waals surface area contributed by atoms with Gasteiger partial charge >= 0.3 is 0 Å². The Bertz CT molecular complexity index is 970. The van der Waals surface area contributed by atoms with Crippen molar-refractivity contribution in [1.29, 1.82) is 5.26 Å². The van der Waals surface area contributed by atoms with E-state index in [1.807, 2.05) is 41.9 Å². The lowest BCUT2D eigenvalue weighted by Gasteiger charge is -2.53. The number of amides is 1. The Labute approximate surface area is 185 Å². The van der Waals surface area contributed by atoms with Crippen LogP contribution in [0, 0.1) is 23.7 Å². The summed E-state index contributed by atoms with van der Waals surface area (Å²) in [7, 11) is 2.64. The number of ether oxygens (including phenoxy) is 1. The average Bonchev–Trinajstić information content (AvgIpc) is 2.72. The van der Waals surface area contributed by atoms with E-state index >= 15 is 0 Å². The Morgan fingerprint density at radius 3 is 2.47 bits per heavy atom. The summed E-state index contributed by atoms with van der Waals surface area (Å²) < 4.78 is 7.96. The van der Waals surface area contributed by atoms with Gasteiger partial charge in [0.2, 0.25) is 0 Å². The molecule has 4 rings (SSSR count). The van der Waals surface area contributed by atoms with Crippen LogP contribution in [-0.2, 0) is 0 Å². The van der Waals surface area contributed by atoms with Crippen molar-refractivity contribution in [2.24, 2.45) is 5.41 Å². The molecule has 2 aromatic rings. The van der Waals surface area contributed by atoms with Crippen molar-refractivity contribution in [3.63, 3.8) is 0 Å². The molecule has 2 aliphatic carbocycles. The number of aryl methyl sites for hydroxylation is 1. The van der Waals surface area contributed by atoms with Crippen LogP contribution in [0.5, 0.6) is 5.75 Å². The molecular weight excluding hydrogens is 415 g/mol. The Kier molecular flexibility index (Phi) is 6.05. The Morgan fingerprint density at radius 1 is 1.20 bits per heavy atom. The van der Waals surface area contributed by atoms with E-state index in [0.717, 1.165) is 55.4 Å². The lowest BCUT2D eigenvalue weighted by atomic mass is 9.58. The summed E-state index contributed by atoms with van der Waals surface area (Å²) in [5.41, 5.74) is 2.71. The largest absolute Gasteiger partial charge is 0.490 e. The molecule has 1 amide bonds. The third-order valence-corrected chi connectivity index (χ3v) is 7.59. The molecule has 2 aliphatic rings. The van der Waals surface area contributed by atoms with E-state index in [1.54, 1.807) is 12.1 Å². The second kappa shape index (κ2) is 8.58. The van der Waals surface area contributed by atoms with Crippen LogP contribution in [0.4, 0.5) is 0 Å². The predicted octanol–water partition coefficient (Wildman–Crippen LogP) is 5.92. The second-order valence-corrected chi connectivity index (χ2v) is 9.67. The zero-order valence-corrected chi connectivity index (χ0v) is 19.0. The molecule has 2 aromatic carbocycles. The van der Waals surface area contributed by atoms with E-state index in [0.29, 0.717) is 22.0 Å². The molecule has 4 nitrogen and oxygen atoms in total. The molecule has 6 heteroatoms. The predicted molar refractivity (Wildman–Crippen MR) is 122 cm³/mol. The fourth-order valence-corrected chi connectivity index (χ4v) is 5.30. The fraction of sp³-hybridized carbons (Fsp3) is 0.417. The van der Waals surface area contributed by atoms with E-state index in [4.69, 9.17) is 21.6 Å². The third-order valence-electron chi connectivity index (χ3n) is 6.62. The maximum absolute atomic E-state index is 12.7. The zero-order chi connectivity index (χ0) is 21.3. The molecule has 156 valence electrons. The van der Waals surface area contributed by atoms with Gasteiger partial charge in [0.1, 0.15) is 11.8 Å². The van der Waals surface area contributed by atoms with Crippen molar-refractivity contribution in [1.82, 2.24) is 4.67 Å². The monoisotopic (exact) mass is 440 g/mol. The normalized spacial score (nSPS) is 25.3. The van der Waals surface area contributed by atoms with Gasteiger partial charge in [0.25, 0.3) is 5.91 Å². The number of rotatable bonds is 4. The maximum atomic E-state index is 12.7. The highest BCUT2D eigenvalue weighted by atomic mass is 35.5. The summed E-state index contributed by atoms with van der Waals surface area (Å²) in [5.74, 6) is 0.806. The van der Waals surface area contributed by atoms with E-state index in [9.17, 15) is 4.79 Å². The molecule has 0 radical (unpaired) electrons. The van der Waals surface area contributed by atoms with Crippen LogP contribution in [0.25, 0.3) is 0 Å². The summed E-state index contributed by atoms with van der Waals surface area (Å²) in [6.45, 7) is 2.03. The number of carbonyl (C=O) groups excluding carboxylic acids is 1. The highest BCUT2D eigenvalue weighted by Crippen LogP contribution is 2.54. The summed E-state index contributed by atoms with van der Waals surface area (Å²) in [4.78, 5) is 12.7. The summed E-state index contributed by atoms with van der Waals surface area (Å²) in [6.07, 6.45) is 6.55. The van der Waals surface area contributed by atoms with Gasteiger partial charge in [-0.2, -0.15) is 5.26 Å². The molecule has 1 spiro atoms. The maximum Gasteiger partial charge on any atom is 0.256 e. The SMILES string of the molecule is Cc1ccc(C(=O)N(P)C2CC3(CCC(Oc4ccc(C#N)c(Cl)c4)CC3)C2)cc1. The van der Waals surface area contributed by atoms with Gasteiger partial charge in [-0.25, -0.2) is 0 Å². The Hall–Kier alpha value is -2.08. The Morgan fingerprint density at radius 2 is 1.87 bits per heavy atom.